The molecule has 3 atom stereocenters. The van der Waals surface area contributed by atoms with E-state index < -0.39 is 0 Å². The van der Waals surface area contributed by atoms with Crippen LogP contribution in [0.2, 0.25) is 10.0 Å². The number of halogens is 2. The Morgan fingerprint density at radius 1 is 1.21 bits per heavy atom. The van der Waals surface area contributed by atoms with Crippen LogP contribution >= 0.6 is 23.2 Å². The maximum Gasteiger partial charge on any atom is 0.0500 e. The van der Waals surface area contributed by atoms with Crippen LogP contribution < -0.4 is 5.73 Å². The number of nitrogens with zero attached hydrogens (tertiary/aromatic N) is 1. The Labute approximate surface area is 125 Å². The number of hydrogen-bond donors (Lipinski definition) is 1. The fourth-order valence-corrected chi connectivity index (χ4v) is 3.89. The van der Waals surface area contributed by atoms with Crippen LogP contribution in [0.25, 0.3) is 0 Å². The summed E-state index contributed by atoms with van der Waals surface area (Å²) in [5.74, 6) is 1.39. The predicted octanol–water partition coefficient (Wildman–Crippen LogP) is 3.97. The molecule has 1 saturated heterocycles. The third-order valence-electron chi connectivity index (χ3n) is 3.89. The van der Waals surface area contributed by atoms with Gasteiger partial charge in [-0.1, -0.05) is 43.1 Å². The van der Waals surface area contributed by atoms with Crippen LogP contribution in [0.4, 0.5) is 0 Å². The Balaban J connectivity index is 2.29. The molecule has 2 N–H and O–H groups in total. The molecule has 3 unspecified atom stereocenters. The van der Waals surface area contributed by atoms with E-state index in [9.17, 15) is 0 Å². The highest BCUT2D eigenvalue weighted by molar-refractivity contribution is 6.36. The molecule has 0 aromatic heterocycles. The number of rotatable bonds is 3. The van der Waals surface area contributed by atoms with Crippen LogP contribution in [-0.4, -0.2) is 24.5 Å². The van der Waals surface area contributed by atoms with Gasteiger partial charge in [0.1, 0.15) is 0 Å². The second-order valence-corrected chi connectivity index (χ2v) is 6.60. The molecule has 1 aromatic carbocycles. The fraction of sp³-hybridized carbons (Fsp3) is 0.600. The number of nitrogens with two attached hydrogens (primary N) is 1. The van der Waals surface area contributed by atoms with Crippen LogP contribution in [0.15, 0.2) is 18.2 Å². The zero-order valence-corrected chi connectivity index (χ0v) is 13.1. The molecule has 0 amide bonds. The third kappa shape index (κ3) is 3.43. The molecule has 1 fully saturated rings. The van der Waals surface area contributed by atoms with E-state index in [0.717, 1.165) is 18.7 Å². The van der Waals surface area contributed by atoms with Gasteiger partial charge in [0.2, 0.25) is 0 Å². The van der Waals surface area contributed by atoms with Gasteiger partial charge in [-0.2, -0.15) is 0 Å². The van der Waals surface area contributed by atoms with Crippen molar-refractivity contribution in [1.29, 1.82) is 0 Å². The highest BCUT2D eigenvalue weighted by atomic mass is 35.5. The lowest BCUT2D eigenvalue weighted by Crippen LogP contribution is -2.43. The number of hydrogen-bond acceptors (Lipinski definition) is 2. The topological polar surface area (TPSA) is 29.3 Å². The molecule has 0 saturated carbocycles. The first-order valence-corrected chi connectivity index (χ1v) is 7.66. The lowest BCUT2D eigenvalue weighted by Gasteiger charge is -2.40. The molecule has 19 heavy (non-hydrogen) atoms. The molecule has 1 aromatic rings. The Hall–Kier alpha value is -0.280. The van der Waals surface area contributed by atoms with Crippen molar-refractivity contribution in [3.05, 3.63) is 33.8 Å². The van der Waals surface area contributed by atoms with E-state index in [1.165, 1.54) is 6.42 Å². The maximum atomic E-state index is 6.33. The molecular formula is C15H22Cl2N2. The Morgan fingerprint density at radius 2 is 1.74 bits per heavy atom. The second kappa shape index (κ2) is 6.45. The lowest BCUT2D eigenvalue weighted by molar-refractivity contribution is 0.0985. The SMILES string of the molecule is CC1CC(C)CN(C(CN)c2c(Cl)cccc2Cl)C1. The Morgan fingerprint density at radius 3 is 2.21 bits per heavy atom. The molecule has 106 valence electrons. The summed E-state index contributed by atoms with van der Waals surface area (Å²) in [7, 11) is 0. The van der Waals surface area contributed by atoms with Gasteiger partial charge >= 0.3 is 0 Å². The van der Waals surface area contributed by atoms with E-state index in [4.69, 9.17) is 28.9 Å². The van der Waals surface area contributed by atoms with Gasteiger partial charge in [-0.3, -0.25) is 4.90 Å². The van der Waals surface area contributed by atoms with E-state index in [0.29, 0.717) is 28.4 Å². The maximum absolute atomic E-state index is 6.33. The minimum atomic E-state index is 0.117. The molecule has 0 spiro atoms. The summed E-state index contributed by atoms with van der Waals surface area (Å²) in [6.07, 6.45) is 1.28. The minimum Gasteiger partial charge on any atom is -0.329 e. The minimum absolute atomic E-state index is 0.117. The van der Waals surface area contributed by atoms with Gasteiger partial charge < -0.3 is 5.73 Å². The van der Waals surface area contributed by atoms with Crippen LogP contribution in [0, 0.1) is 11.8 Å². The van der Waals surface area contributed by atoms with Crippen LogP contribution in [0.5, 0.6) is 0 Å². The summed E-state index contributed by atoms with van der Waals surface area (Å²) in [5.41, 5.74) is 6.99. The first kappa shape index (κ1) is 15.1. The predicted molar refractivity (Wildman–Crippen MR) is 82.8 cm³/mol. The Bertz CT molecular complexity index is 406. The third-order valence-corrected chi connectivity index (χ3v) is 4.55. The van der Waals surface area contributed by atoms with Crippen LogP contribution in [-0.2, 0) is 0 Å². The van der Waals surface area contributed by atoms with Crippen LogP contribution in [0.1, 0.15) is 31.9 Å². The number of likely N-dealkylation sites (tertiary alicyclic amines) is 1. The quantitative estimate of drug-likeness (QED) is 0.915. The summed E-state index contributed by atoms with van der Waals surface area (Å²) in [5, 5.41) is 1.43. The molecule has 2 nitrogen and oxygen atoms in total. The molecule has 1 aliphatic rings. The van der Waals surface area contributed by atoms with E-state index in [2.05, 4.69) is 18.7 Å². The molecule has 1 aliphatic heterocycles. The van der Waals surface area contributed by atoms with Gasteiger partial charge in [-0.05, 0) is 30.4 Å². The van der Waals surface area contributed by atoms with Crippen molar-refractivity contribution in [2.75, 3.05) is 19.6 Å². The largest absolute Gasteiger partial charge is 0.329 e. The summed E-state index contributed by atoms with van der Waals surface area (Å²) in [4.78, 5) is 2.44. The average Bonchev–Trinajstić information content (AvgIpc) is 2.32. The van der Waals surface area contributed by atoms with Crippen molar-refractivity contribution in [3.8, 4) is 0 Å². The highest BCUT2D eigenvalue weighted by Gasteiger charge is 2.29. The van der Waals surface area contributed by atoms with Crippen molar-refractivity contribution >= 4 is 23.2 Å². The fourth-order valence-electron chi connectivity index (χ4n) is 3.24. The van der Waals surface area contributed by atoms with Gasteiger partial charge in [-0.15, -0.1) is 0 Å². The summed E-state index contributed by atoms with van der Waals surface area (Å²) < 4.78 is 0. The first-order valence-electron chi connectivity index (χ1n) is 6.91. The van der Waals surface area contributed by atoms with Crippen molar-refractivity contribution in [1.82, 2.24) is 4.90 Å². The summed E-state index contributed by atoms with van der Waals surface area (Å²) >= 11 is 12.7. The van der Waals surface area contributed by atoms with E-state index in [-0.39, 0.29) is 6.04 Å². The average molecular weight is 301 g/mol. The molecule has 2 rings (SSSR count). The van der Waals surface area contributed by atoms with Crippen molar-refractivity contribution in [3.63, 3.8) is 0 Å². The van der Waals surface area contributed by atoms with Gasteiger partial charge in [-0.25, -0.2) is 0 Å². The van der Waals surface area contributed by atoms with Crippen LogP contribution in [0.3, 0.4) is 0 Å². The van der Waals surface area contributed by atoms with Gasteiger partial charge in [0.25, 0.3) is 0 Å². The van der Waals surface area contributed by atoms with Crippen molar-refractivity contribution in [2.45, 2.75) is 26.3 Å². The summed E-state index contributed by atoms with van der Waals surface area (Å²) in [6.45, 7) is 7.26. The van der Waals surface area contributed by atoms with Gasteiger partial charge in [0.05, 0.1) is 0 Å². The second-order valence-electron chi connectivity index (χ2n) is 5.79. The first-order chi connectivity index (χ1) is 9.02. The normalized spacial score (nSPS) is 26.4. The van der Waals surface area contributed by atoms with Crippen molar-refractivity contribution in [2.24, 2.45) is 17.6 Å². The summed E-state index contributed by atoms with van der Waals surface area (Å²) in [6, 6.07) is 5.78. The van der Waals surface area contributed by atoms with Gasteiger partial charge in [0, 0.05) is 41.3 Å². The highest BCUT2D eigenvalue weighted by Crippen LogP contribution is 2.36. The van der Waals surface area contributed by atoms with E-state index >= 15 is 0 Å². The Kier molecular flexibility index (Phi) is 5.13. The van der Waals surface area contributed by atoms with E-state index in [1.54, 1.807) is 0 Å². The van der Waals surface area contributed by atoms with E-state index in [1.807, 2.05) is 18.2 Å². The standard InChI is InChI=1S/C15H22Cl2N2/c1-10-6-11(2)9-19(8-10)14(7-18)15-12(16)4-3-5-13(15)17/h3-5,10-11,14H,6-9,18H2,1-2H3. The zero-order chi connectivity index (χ0) is 14.0. The zero-order valence-electron chi connectivity index (χ0n) is 11.6. The molecular weight excluding hydrogens is 279 g/mol. The number of piperidine rings is 1. The monoisotopic (exact) mass is 300 g/mol. The number of benzene rings is 1. The van der Waals surface area contributed by atoms with Gasteiger partial charge in [0.15, 0.2) is 0 Å². The smallest absolute Gasteiger partial charge is 0.0500 e. The molecule has 4 heteroatoms. The molecule has 0 aliphatic carbocycles. The molecule has 0 bridgehead atoms. The van der Waals surface area contributed by atoms with Crippen molar-refractivity contribution < 1.29 is 0 Å². The molecule has 1 heterocycles. The molecule has 0 radical (unpaired) electrons. The lowest BCUT2D eigenvalue weighted by atomic mass is 9.89.